The maximum absolute atomic E-state index is 13.0. The summed E-state index contributed by atoms with van der Waals surface area (Å²) in [6.07, 6.45) is 0. The first-order chi connectivity index (χ1) is 12.6. The lowest BCUT2D eigenvalue weighted by Crippen LogP contribution is -2.35. The highest BCUT2D eigenvalue weighted by Gasteiger charge is 2.36. The average molecular weight is 409 g/mol. The van der Waals surface area contributed by atoms with Gasteiger partial charge in [0.1, 0.15) is 5.82 Å². The van der Waals surface area contributed by atoms with Gasteiger partial charge in [-0.1, -0.05) is 37.3 Å². The molecule has 0 aliphatic carbocycles. The fourth-order valence-corrected chi connectivity index (χ4v) is 4.42. The lowest BCUT2D eigenvalue weighted by atomic mass is 9.89. The van der Waals surface area contributed by atoms with Gasteiger partial charge in [0.25, 0.3) is 0 Å². The molecule has 1 saturated heterocycles. The van der Waals surface area contributed by atoms with Crippen molar-refractivity contribution in [3.05, 3.63) is 66.0 Å². The number of rotatable bonds is 6. The van der Waals surface area contributed by atoms with Gasteiger partial charge >= 0.3 is 0 Å². The number of hydrogen-bond acceptors (Lipinski definition) is 3. The van der Waals surface area contributed by atoms with Crippen molar-refractivity contribution in [2.75, 3.05) is 25.4 Å². The van der Waals surface area contributed by atoms with Crippen LogP contribution in [0.15, 0.2) is 59.5 Å². The molecule has 3 atom stereocenters. The van der Waals surface area contributed by atoms with Crippen molar-refractivity contribution in [1.29, 1.82) is 0 Å². The Balaban J connectivity index is 0.00000261. The molecule has 1 aliphatic heterocycles. The van der Waals surface area contributed by atoms with Gasteiger partial charge in [0.15, 0.2) is 0 Å². The highest BCUT2D eigenvalue weighted by atomic mass is 35.5. The van der Waals surface area contributed by atoms with E-state index in [2.05, 4.69) is 12.1 Å². The number of hydrogen-bond donors (Lipinski definition) is 1. The van der Waals surface area contributed by atoms with Crippen molar-refractivity contribution < 1.29 is 9.18 Å². The van der Waals surface area contributed by atoms with E-state index in [1.807, 2.05) is 30.0 Å². The number of halogens is 2. The molecule has 0 saturated carbocycles. The molecule has 2 aromatic carbocycles. The van der Waals surface area contributed by atoms with Crippen LogP contribution >= 0.6 is 24.2 Å². The highest BCUT2D eigenvalue weighted by Crippen LogP contribution is 2.33. The Morgan fingerprint density at radius 3 is 2.48 bits per heavy atom. The molecule has 0 bridgehead atoms. The van der Waals surface area contributed by atoms with Crippen molar-refractivity contribution in [3.63, 3.8) is 0 Å². The molecule has 0 radical (unpaired) electrons. The van der Waals surface area contributed by atoms with Crippen LogP contribution in [-0.4, -0.2) is 36.2 Å². The van der Waals surface area contributed by atoms with Gasteiger partial charge in [-0.3, -0.25) is 4.79 Å². The molecule has 2 N–H and O–H groups in total. The number of nitrogens with two attached hydrogens (primary N) is 1. The summed E-state index contributed by atoms with van der Waals surface area (Å²) in [5, 5.41) is 0. The fourth-order valence-electron chi connectivity index (χ4n) is 3.50. The molecule has 1 fully saturated rings. The molecule has 6 heteroatoms. The minimum atomic E-state index is -0.240. The first-order valence-corrected chi connectivity index (χ1v) is 9.99. The van der Waals surface area contributed by atoms with Gasteiger partial charge in [0.05, 0.1) is 0 Å². The van der Waals surface area contributed by atoms with Crippen LogP contribution in [0.25, 0.3) is 0 Å². The maximum atomic E-state index is 13.0. The molecule has 1 aliphatic rings. The Hall–Kier alpha value is -1.56. The van der Waals surface area contributed by atoms with Crippen molar-refractivity contribution in [2.24, 2.45) is 17.6 Å². The smallest absolute Gasteiger partial charge is 0.226 e. The minimum Gasteiger partial charge on any atom is -0.341 e. The molecule has 0 spiro atoms. The second-order valence-corrected chi connectivity index (χ2v) is 8.02. The monoisotopic (exact) mass is 408 g/mol. The topological polar surface area (TPSA) is 46.3 Å². The Labute approximate surface area is 170 Å². The maximum Gasteiger partial charge on any atom is 0.226 e. The summed E-state index contributed by atoms with van der Waals surface area (Å²) in [7, 11) is 0. The molecule has 3 rings (SSSR count). The second kappa shape index (κ2) is 10.1. The van der Waals surface area contributed by atoms with E-state index in [1.54, 1.807) is 23.9 Å². The summed E-state index contributed by atoms with van der Waals surface area (Å²) in [6, 6.07) is 16.7. The van der Waals surface area contributed by atoms with Crippen LogP contribution in [0.4, 0.5) is 4.39 Å². The van der Waals surface area contributed by atoms with Crippen LogP contribution in [0.3, 0.4) is 0 Å². The van der Waals surface area contributed by atoms with Crippen LogP contribution < -0.4 is 5.73 Å². The summed E-state index contributed by atoms with van der Waals surface area (Å²) in [4.78, 5) is 15.8. The predicted molar refractivity (Wildman–Crippen MR) is 112 cm³/mol. The summed E-state index contributed by atoms with van der Waals surface area (Å²) in [5.74, 6) is 1.15. The van der Waals surface area contributed by atoms with E-state index < -0.39 is 0 Å². The molecule has 146 valence electrons. The molecule has 2 aromatic rings. The molecular formula is C21H26ClFN2OS. The molecule has 3 nitrogen and oxygen atoms in total. The average Bonchev–Trinajstić information content (AvgIpc) is 3.12. The Morgan fingerprint density at radius 2 is 1.85 bits per heavy atom. The third kappa shape index (κ3) is 5.47. The van der Waals surface area contributed by atoms with Crippen molar-refractivity contribution in [1.82, 2.24) is 4.90 Å². The number of amides is 1. The van der Waals surface area contributed by atoms with Gasteiger partial charge in [-0.25, -0.2) is 4.39 Å². The first-order valence-electron chi connectivity index (χ1n) is 9.00. The van der Waals surface area contributed by atoms with Gasteiger partial charge in [0, 0.05) is 35.6 Å². The molecule has 1 unspecified atom stereocenters. The summed E-state index contributed by atoms with van der Waals surface area (Å²) >= 11 is 1.59. The van der Waals surface area contributed by atoms with E-state index in [4.69, 9.17) is 5.73 Å². The largest absolute Gasteiger partial charge is 0.341 e. The van der Waals surface area contributed by atoms with E-state index in [1.165, 1.54) is 17.7 Å². The normalized spacial score (nSPS) is 20.2. The fraction of sp³-hybridized carbons (Fsp3) is 0.381. The standard InChI is InChI=1S/C21H25FN2OS.ClH/c1-15(14-26-19-9-7-18(22)8-10-19)21(25)24-12-17(11-23)20(13-24)16-5-3-2-4-6-16;/h2-10,15,17,20H,11-14,23H2,1H3;1H/t15?,17-,20+;/m1./s1. The zero-order valence-electron chi connectivity index (χ0n) is 15.4. The quantitative estimate of drug-likeness (QED) is 0.729. The SMILES string of the molecule is CC(CSc1ccc(F)cc1)C(=O)N1C[C@@H](CN)[C@H](c2ccccc2)C1.Cl. The summed E-state index contributed by atoms with van der Waals surface area (Å²) in [5.41, 5.74) is 7.23. The lowest BCUT2D eigenvalue weighted by Gasteiger charge is -2.21. The molecule has 27 heavy (non-hydrogen) atoms. The van der Waals surface area contributed by atoms with Gasteiger partial charge < -0.3 is 10.6 Å². The zero-order chi connectivity index (χ0) is 18.5. The number of nitrogens with zero attached hydrogens (tertiary/aromatic N) is 1. The minimum absolute atomic E-state index is 0. The molecule has 1 amide bonds. The summed E-state index contributed by atoms with van der Waals surface area (Å²) in [6.45, 7) is 4.00. The Kier molecular flexibility index (Phi) is 8.14. The first kappa shape index (κ1) is 21.7. The van der Waals surface area contributed by atoms with Crippen LogP contribution in [0.2, 0.25) is 0 Å². The molecular weight excluding hydrogens is 383 g/mol. The molecule has 1 heterocycles. The van der Waals surface area contributed by atoms with E-state index >= 15 is 0 Å². The predicted octanol–water partition coefficient (Wildman–Crippen LogP) is 4.18. The van der Waals surface area contributed by atoms with Gasteiger partial charge in [-0.05, 0) is 42.3 Å². The van der Waals surface area contributed by atoms with Crippen LogP contribution in [0, 0.1) is 17.7 Å². The van der Waals surface area contributed by atoms with E-state index in [0.717, 1.165) is 18.0 Å². The van der Waals surface area contributed by atoms with Gasteiger partial charge in [0.2, 0.25) is 5.91 Å². The van der Waals surface area contributed by atoms with E-state index in [-0.39, 0.29) is 30.0 Å². The van der Waals surface area contributed by atoms with Gasteiger partial charge in [-0.2, -0.15) is 0 Å². The lowest BCUT2D eigenvalue weighted by molar-refractivity contribution is -0.133. The number of likely N-dealkylation sites (tertiary alicyclic amines) is 1. The Morgan fingerprint density at radius 1 is 1.19 bits per heavy atom. The van der Waals surface area contributed by atoms with Crippen molar-refractivity contribution >= 4 is 30.1 Å². The number of thioether (sulfide) groups is 1. The van der Waals surface area contributed by atoms with Crippen LogP contribution in [-0.2, 0) is 4.79 Å². The van der Waals surface area contributed by atoms with Crippen molar-refractivity contribution in [3.8, 4) is 0 Å². The van der Waals surface area contributed by atoms with E-state index in [9.17, 15) is 9.18 Å². The van der Waals surface area contributed by atoms with Crippen LogP contribution in [0.1, 0.15) is 18.4 Å². The highest BCUT2D eigenvalue weighted by molar-refractivity contribution is 7.99. The van der Waals surface area contributed by atoms with Gasteiger partial charge in [-0.15, -0.1) is 24.2 Å². The van der Waals surface area contributed by atoms with Crippen molar-refractivity contribution in [2.45, 2.75) is 17.7 Å². The second-order valence-electron chi connectivity index (χ2n) is 6.92. The number of carbonyl (C=O) groups is 1. The van der Waals surface area contributed by atoms with E-state index in [0.29, 0.717) is 24.1 Å². The third-order valence-electron chi connectivity index (χ3n) is 5.02. The summed E-state index contributed by atoms with van der Waals surface area (Å²) < 4.78 is 13.0. The Bertz CT molecular complexity index is 729. The third-order valence-corrected chi connectivity index (χ3v) is 6.29. The van der Waals surface area contributed by atoms with Crippen LogP contribution in [0.5, 0.6) is 0 Å². The molecule has 0 aromatic heterocycles. The zero-order valence-corrected chi connectivity index (χ0v) is 17.0. The number of carbonyl (C=O) groups excluding carboxylic acids is 1. The number of benzene rings is 2.